The molecule has 122 valence electrons. The van der Waals surface area contributed by atoms with Crippen molar-refractivity contribution in [3.63, 3.8) is 0 Å². The number of nitrogens with one attached hydrogen (secondary N) is 1. The molecular formula is C17H18FNO4. The molecule has 23 heavy (non-hydrogen) atoms. The Morgan fingerprint density at radius 2 is 1.61 bits per heavy atom. The second-order valence-corrected chi connectivity index (χ2v) is 5.74. The van der Waals surface area contributed by atoms with E-state index in [9.17, 15) is 24.2 Å². The topological polar surface area (TPSA) is 86.6 Å². The zero-order chi connectivity index (χ0) is 17.3. The average molecular weight is 319 g/mol. The zero-order valence-electron chi connectivity index (χ0n) is 13.1. The van der Waals surface area contributed by atoms with Crippen LogP contribution in [-0.2, 0) is 9.59 Å². The van der Waals surface area contributed by atoms with E-state index < -0.39 is 23.7 Å². The fraction of sp³-hybridized carbons (Fsp3) is 0.294. The highest BCUT2D eigenvalue weighted by molar-refractivity contribution is 5.98. The first-order valence-electron chi connectivity index (χ1n) is 7.18. The third-order valence-corrected chi connectivity index (χ3v) is 3.84. The van der Waals surface area contributed by atoms with Crippen molar-refractivity contribution in [3.8, 4) is 0 Å². The van der Waals surface area contributed by atoms with Crippen molar-refractivity contribution in [3.05, 3.63) is 58.2 Å². The van der Waals surface area contributed by atoms with Gasteiger partial charge in [-0.25, -0.2) is 14.0 Å². The van der Waals surface area contributed by atoms with Gasteiger partial charge in [-0.3, -0.25) is 0 Å². The summed E-state index contributed by atoms with van der Waals surface area (Å²) in [7, 11) is 0. The van der Waals surface area contributed by atoms with Gasteiger partial charge in [-0.15, -0.1) is 0 Å². The number of halogens is 1. The van der Waals surface area contributed by atoms with E-state index in [1.807, 2.05) is 13.8 Å². The number of hydrogen-bond acceptors (Lipinski definition) is 3. The van der Waals surface area contributed by atoms with Gasteiger partial charge in [0.05, 0.1) is 17.1 Å². The number of carboxylic acids is 2. The highest BCUT2D eigenvalue weighted by atomic mass is 19.1. The van der Waals surface area contributed by atoms with Gasteiger partial charge < -0.3 is 15.5 Å². The molecule has 1 aromatic rings. The molecule has 0 saturated carbocycles. The van der Waals surface area contributed by atoms with Gasteiger partial charge in [-0.2, -0.15) is 0 Å². The van der Waals surface area contributed by atoms with Crippen molar-refractivity contribution in [2.24, 2.45) is 5.92 Å². The molecule has 1 aliphatic rings. The van der Waals surface area contributed by atoms with Crippen molar-refractivity contribution >= 4 is 11.9 Å². The third-order valence-electron chi connectivity index (χ3n) is 3.84. The molecule has 1 aliphatic heterocycles. The van der Waals surface area contributed by atoms with E-state index in [1.165, 1.54) is 24.3 Å². The van der Waals surface area contributed by atoms with Gasteiger partial charge in [0.25, 0.3) is 0 Å². The van der Waals surface area contributed by atoms with Crippen LogP contribution in [0.4, 0.5) is 4.39 Å². The maximum absolute atomic E-state index is 13.2. The SMILES string of the molecule is CC1=C(C(=O)O)C(c2ccc(F)cc2)C(C(=O)O)=C(C(C)C)N1. The van der Waals surface area contributed by atoms with Crippen LogP contribution in [0.25, 0.3) is 0 Å². The maximum Gasteiger partial charge on any atom is 0.334 e. The molecule has 0 aromatic heterocycles. The van der Waals surface area contributed by atoms with Gasteiger partial charge in [-0.1, -0.05) is 26.0 Å². The molecule has 0 saturated heterocycles. The molecule has 5 nitrogen and oxygen atoms in total. The van der Waals surface area contributed by atoms with Gasteiger partial charge in [0.1, 0.15) is 5.82 Å². The van der Waals surface area contributed by atoms with Crippen LogP contribution in [0.1, 0.15) is 32.3 Å². The standard InChI is InChI=1S/C17H18FNO4/c1-8(2)15-14(17(22)23)13(10-4-6-11(18)7-5-10)12(16(20)21)9(3)19-15/h4-8,13,19H,1-3H3,(H,20,21)(H,22,23). The largest absolute Gasteiger partial charge is 0.478 e. The van der Waals surface area contributed by atoms with Crippen LogP contribution >= 0.6 is 0 Å². The molecule has 0 radical (unpaired) electrons. The summed E-state index contributed by atoms with van der Waals surface area (Å²) in [6, 6.07) is 5.23. The molecule has 0 amide bonds. The predicted octanol–water partition coefficient (Wildman–Crippen LogP) is 2.87. The Morgan fingerprint density at radius 3 is 2.04 bits per heavy atom. The fourth-order valence-corrected chi connectivity index (χ4v) is 2.82. The molecule has 2 rings (SSSR count). The van der Waals surface area contributed by atoms with Gasteiger partial charge in [0.2, 0.25) is 0 Å². The minimum Gasteiger partial charge on any atom is -0.478 e. The Balaban J connectivity index is 2.74. The van der Waals surface area contributed by atoms with Crippen LogP contribution < -0.4 is 5.32 Å². The van der Waals surface area contributed by atoms with Gasteiger partial charge in [0, 0.05) is 11.4 Å². The van der Waals surface area contributed by atoms with E-state index in [0.717, 1.165) is 0 Å². The highest BCUT2D eigenvalue weighted by Gasteiger charge is 2.38. The number of aliphatic carboxylic acids is 2. The Hall–Kier alpha value is -2.63. The number of carbonyl (C=O) groups is 2. The number of carboxylic acid groups (broad SMARTS) is 2. The van der Waals surface area contributed by atoms with Crippen LogP contribution in [0, 0.1) is 11.7 Å². The molecular weight excluding hydrogens is 301 g/mol. The van der Waals surface area contributed by atoms with Crippen molar-refractivity contribution in [1.29, 1.82) is 0 Å². The van der Waals surface area contributed by atoms with Crippen molar-refractivity contribution in [2.75, 3.05) is 0 Å². The molecule has 1 heterocycles. The first kappa shape index (κ1) is 16.7. The van der Waals surface area contributed by atoms with Crippen molar-refractivity contribution in [1.82, 2.24) is 5.32 Å². The average Bonchev–Trinajstić information content (AvgIpc) is 2.45. The lowest BCUT2D eigenvalue weighted by atomic mass is 9.78. The normalized spacial score (nSPS) is 18.2. The Morgan fingerprint density at radius 1 is 1.09 bits per heavy atom. The molecule has 0 bridgehead atoms. The Kier molecular flexibility index (Phi) is 4.54. The van der Waals surface area contributed by atoms with E-state index >= 15 is 0 Å². The Bertz CT molecular complexity index is 717. The van der Waals surface area contributed by atoms with Gasteiger partial charge >= 0.3 is 11.9 Å². The van der Waals surface area contributed by atoms with Crippen molar-refractivity contribution in [2.45, 2.75) is 26.7 Å². The third kappa shape index (κ3) is 3.11. The quantitative estimate of drug-likeness (QED) is 0.794. The zero-order valence-corrected chi connectivity index (χ0v) is 13.1. The van der Waals surface area contributed by atoms with E-state index in [2.05, 4.69) is 5.32 Å². The van der Waals surface area contributed by atoms with Gasteiger partial charge in [0.15, 0.2) is 0 Å². The summed E-state index contributed by atoms with van der Waals surface area (Å²) < 4.78 is 13.2. The number of hydrogen-bond donors (Lipinski definition) is 3. The van der Waals surface area contributed by atoms with E-state index in [0.29, 0.717) is 17.0 Å². The molecule has 1 aromatic carbocycles. The monoisotopic (exact) mass is 319 g/mol. The number of dihydropyridines is 1. The van der Waals surface area contributed by atoms with E-state index in [1.54, 1.807) is 6.92 Å². The lowest BCUT2D eigenvalue weighted by Crippen LogP contribution is -2.33. The van der Waals surface area contributed by atoms with Crippen LogP contribution in [0.15, 0.2) is 46.8 Å². The summed E-state index contributed by atoms with van der Waals surface area (Å²) in [5.74, 6) is -3.95. The summed E-state index contributed by atoms with van der Waals surface area (Å²) in [6.45, 7) is 5.25. The molecule has 1 atom stereocenters. The Labute approximate surface area is 133 Å². The van der Waals surface area contributed by atoms with Crippen LogP contribution in [0.2, 0.25) is 0 Å². The lowest BCUT2D eigenvalue weighted by Gasteiger charge is -2.31. The minimum absolute atomic E-state index is 0.0189. The van der Waals surface area contributed by atoms with Crippen LogP contribution in [0.3, 0.4) is 0 Å². The first-order chi connectivity index (χ1) is 10.7. The molecule has 0 fully saturated rings. The minimum atomic E-state index is -1.20. The molecule has 0 aliphatic carbocycles. The first-order valence-corrected chi connectivity index (χ1v) is 7.18. The summed E-state index contributed by atoms with van der Waals surface area (Å²) in [5.41, 5.74) is 1.23. The number of rotatable bonds is 4. The molecule has 3 N–H and O–H groups in total. The molecule has 1 unspecified atom stereocenters. The molecule has 6 heteroatoms. The summed E-state index contributed by atoms with van der Waals surface area (Å²) in [5, 5.41) is 22.1. The van der Waals surface area contributed by atoms with Crippen molar-refractivity contribution < 1.29 is 24.2 Å². The second kappa shape index (κ2) is 6.24. The predicted molar refractivity (Wildman–Crippen MR) is 82.1 cm³/mol. The fourth-order valence-electron chi connectivity index (χ4n) is 2.82. The highest BCUT2D eigenvalue weighted by Crippen LogP contribution is 2.39. The smallest absolute Gasteiger partial charge is 0.334 e. The second-order valence-electron chi connectivity index (χ2n) is 5.74. The molecule has 0 spiro atoms. The maximum atomic E-state index is 13.2. The van der Waals surface area contributed by atoms with E-state index in [-0.39, 0.29) is 17.1 Å². The summed E-state index contributed by atoms with van der Waals surface area (Å²) in [4.78, 5) is 23.5. The number of benzene rings is 1. The summed E-state index contributed by atoms with van der Waals surface area (Å²) >= 11 is 0. The van der Waals surface area contributed by atoms with Crippen LogP contribution in [-0.4, -0.2) is 22.2 Å². The lowest BCUT2D eigenvalue weighted by molar-refractivity contribution is -0.133. The van der Waals surface area contributed by atoms with E-state index in [4.69, 9.17) is 0 Å². The summed E-state index contributed by atoms with van der Waals surface area (Å²) in [6.07, 6.45) is 0. The van der Waals surface area contributed by atoms with Crippen LogP contribution in [0.5, 0.6) is 0 Å². The number of allylic oxidation sites excluding steroid dienone is 2. The van der Waals surface area contributed by atoms with Gasteiger partial charge in [-0.05, 0) is 30.5 Å².